The third-order valence-corrected chi connectivity index (χ3v) is 5.51. The molecule has 2 fully saturated rings. The molecule has 1 spiro atoms. The molecule has 112 valence electrons. The SMILES string of the molecule is CC(N)CCCC(C)CN1CCC2(CCCC2)CC1. The van der Waals surface area contributed by atoms with E-state index >= 15 is 0 Å². The molecule has 1 saturated heterocycles. The van der Waals surface area contributed by atoms with Gasteiger partial charge in [0.05, 0.1) is 0 Å². The monoisotopic (exact) mass is 266 g/mol. The average molecular weight is 266 g/mol. The molecule has 2 aliphatic rings. The van der Waals surface area contributed by atoms with Crippen molar-refractivity contribution >= 4 is 0 Å². The molecule has 2 atom stereocenters. The van der Waals surface area contributed by atoms with Crippen molar-refractivity contribution in [2.75, 3.05) is 19.6 Å². The minimum atomic E-state index is 0.379. The molecule has 2 N–H and O–H groups in total. The van der Waals surface area contributed by atoms with Gasteiger partial charge in [0.2, 0.25) is 0 Å². The van der Waals surface area contributed by atoms with Crippen LogP contribution in [-0.4, -0.2) is 30.6 Å². The molecule has 1 saturated carbocycles. The molecule has 1 heterocycles. The van der Waals surface area contributed by atoms with Gasteiger partial charge in [0.15, 0.2) is 0 Å². The highest BCUT2D eigenvalue weighted by Crippen LogP contribution is 2.46. The summed E-state index contributed by atoms with van der Waals surface area (Å²) in [7, 11) is 0. The second-order valence-electron chi connectivity index (χ2n) is 7.52. The van der Waals surface area contributed by atoms with Crippen LogP contribution in [0.5, 0.6) is 0 Å². The molecular weight excluding hydrogens is 232 g/mol. The van der Waals surface area contributed by atoms with E-state index in [0.29, 0.717) is 6.04 Å². The summed E-state index contributed by atoms with van der Waals surface area (Å²) in [6.07, 6.45) is 12.8. The number of hydrogen-bond acceptors (Lipinski definition) is 2. The van der Waals surface area contributed by atoms with Crippen LogP contribution in [0.3, 0.4) is 0 Å². The van der Waals surface area contributed by atoms with Crippen molar-refractivity contribution in [1.82, 2.24) is 4.90 Å². The summed E-state index contributed by atoms with van der Waals surface area (Å²) >= 11 is 0. The van der Waals surface area contributed by atoms with Gasteiger partial charge in [0, 0.05) is 12.6 Å². The van der Waals surface area contributed by atoms with Crippen molar-refractivity contribution < 1.29 is 0 Å². The predicted molar refractivity (Wildman–Crippen MR) is 83.2 cm³/mol. The number of piperidine rings is 1. The van der Waals surface area contributed by atoms with Crippen molar-refractivity contribution in [2.24, 2.45) is 17.1 Å². The highest BCUT2D eigenvalue weighted by Gasteiger charge is 2.36. The third kappa shape index (κ3) is 4.75. The van der Waals surface area contributed by atoms with E-state index in [-0.39, 0.29) is 0 Å². The fourth-order valence-corrected chi connectivity index (χ4v) is 4.16. The Balaban J connectivity index is 1.62. The van der Waals surface area contributed by atoms with Gasteiger partial charge in [-0.1, -0.05) is 26.2 Å². The molecule has 0 bridgehead atoms. The van der Waals surface area contributed by atoms with Crippen molar-refractivity contribution in [3.05, 3.63) is 0 Å². The lowest BCUT2D eigenvalue weighted by molar-refractivity contribution is 0.0963. The van der Waals surface area contributed by atoms with Gasteiger partial charge in [-0.25, -0.2) is 0 Å². The summed E-state index contributed by atoms with van der Waals surface area (Å²) in [4.78, 5) is 2.72. The van der Waals surface area contributed by atoms with Crippen LogP contribution in [0, 0.1) is 11.3 Å². The Morgan fingerprint density at radius 1 is 1.00 bits per heavy atom. The number of nitrogens with two attached hydrogens (primary N) is 1. The number of rotatable bonds is 6. The Hall–Kier alpha value is -0.0800. The second kappa shape index (κ2) is 7.08. The van der Waals surface area contributed by atoms with E-state index < -0.39 is 0 Å². The zero-order valence-corrected chi connectivity index (χ0v) is 13.2. The highest BCUT2D eigenvalue weighted by molar-refractivity contribution is 4.89. The number of nitrogens with zero attached hydrogens (tertiary/aromatic N) is 1. The van der Waals surface area contributed by atoms with Crippen LogP contribution in [0.15, 0.2) is 0 Å². The van der Waals surface area contributed by atoms with Gasteiger partial charge in [-0.3, -0.25) is 0 Å². The quantitative estimate of drug-likeness (QED) is 0.792. The van der Waals surface area contributed by atoms with Crippen molar-refractivity contribution in [3.63, 3.8) is 0 Å². The van der Waals surface area contributed by atoms with Gasteiger partial charge in [-0.05, 0) is 69.9 Å². The first-order valence-electron chi connectivity index (χ1n) is 8.58. The standard InChI is InChI=1S/C17H34N2/c1-15(6-5-7-16(2)18)14-19-12-10-17(11-13-19)8-3-4-9-17/h15-16H,3-14,18H2,1-2H3. The van der Waals surface area contributed by atoms with Crippen LogP contribution in [-0.2, 0) is 0 Å². The van der Waals surface area contributed by atoms with Gasteiger partial charge in [-0.15, -0.1) is 0 Å². The summed E-state index contributed by atoms with van der Waals surface area (Å²) in [6, 6.07) is 0.379. The molecule has 0 aromatic rings. The second-order valence-corrected chi connectivity index (χ2v) is 7.52. The molecule has 2 nitrogen and oxygen atoms in total. The summed E-state index contributed by atoms with van der Waals surface area (Å²) in [5.74, 6) is 0.844. The van der Waals surface area contributed by atoms with Crippen molar-refractivity contribution in [1.29, 1.82) is 0 Å². The molecule has 0 aromatic carbocycles. The first kappa shape index (κ1) is 15.3. The Kier molecular flexibility index (Phi) is 5.70. The van der Waals surface area contributed by atoms with E-state index in [0.717, 1.165) is 11.3 Å². The van der Waals surface area contributed by atoms with Crippen LogP contribution in [0.4, 0.5) is 0 Å². The minimum Gasteiger partial charge on any atom is -0.328 e. The number of hydrogen-bond donors (Lipinski definition) is 1. The lowest BCUT2D eigenvalue weighted by Gasteiger charge is -2.40. The van der Waals surface area contributed by atoms with Crippen LogP contribution in [0.2, 0.25) is 0 Å². The van der Waals surface area contributed by atoms with Crippen LogP contribution < -0.4 is 5.73 Å². The summed E-state index contributed by atoms with van der Waals surface area (Å²) in [5, 5.41) is 0. The van der Waals surface area contributed by atoms with E-state index in [9.17, 15) is 0 Å². The van der Waals surface area contributed by atoms with E-state index in [1.807, 2.05) is 0 Å². The molecule has 0 aromatic heterocycles. The van der Waals surface area contributed by atoms with Crippen LogP contribution in [0.25, 0.3) is 0 Å². The summed E-state index contributed by atoms with van der Waals surface area (Å²) in [5.41, 5.74) is 6.59. The molecule has 0 radical (unpaired) electrons. The fourth-order valence-electron chi connectivity index (χ4n) is 4.16. The van der Waals surface area contributed by atoms with Crippen molar-refractivity contribution in [3.8, 4) is 0 Å². The Bertz CT molecular complexity index is 246. The van der Waals surface area contributed by atoms with Gasteiger partial charge in [0.1, 0.15) is 0 Å². The summed E-state index contributed by atoms with van der Waals surface area (Å²) < 4.78 is 0. The molecule has 2 unspecified atom stereocenters. The normalized spacial score (nSPS) is 26.7. The largest absolute Gasteiger partial charge is 0.328 e. The first-order chi connectivity index (χ1) is 9.10. The molecular formula is C17H34N2. The average Bonchev–Trinajstić information content (AvgIpc) is 2.81. The van der Waals surface area contributed by atoms with Crippen LogP contribution >= 0.6 is 0 Å². The Labute approximate surface area is 120 Å². The molecule has 1 aliphatic carbocycles. The van der Waals surface area contributed by atoms with Crippen molar-refractivity contribution in [2.45, 2.75) is 77.7 Å². The molecule has 2 rings (SSSR count). The zero-order valence-electron chi connectivity index (χ0n) is 13.2. The van der Waals surface area contributed by atoms with E-state index in [4.69, 9.17) is 5.73 Å². The van der Waals surface area contributed by atoms with Gasteiger partial charge >= 0.3 is 0 Å². The maximum absolute atomic E-state index is 5.82. The molecule has 1 aliphatic heterocycles. The topological polar surface area (TPSA) is 29.3 Å². The first-order valence-corrected chi connectivity index (χ1v) is 8.58. The fraction of sp³-hybridized carbons (Fsp3) is 1.00. The maximum atomic E-state index is 5.82. The Morgan fingerprint density at radius 3 is 2.21 bits per heavy atom. The highest BCUT2D eigenvalue weighted by atomic mass is 15.1. The maximum Gasteiger partial charge on any atom is 0.00104 e. The predicted octanol–water partition coefficient (Wildman–Crippen LogP) is 3.80. The zero-order chi connectivity index (χ0) is 13.7. The van der Waals surface area contributed by atoms with E-state index in [1.165, 1.54) is 77.4 Å². The smallest absolute Gasteiger partial charge is 0.00104 e. The van der Waals surface area contributed by atoms with E-state index in [2.05, 4.69) is 18.7 Å². The van der Waals surface area contributed by atoms with E-state index in [1.54, 1.807) is 0 Å². The summed E-state index contributed by atoms with van der Waals surface area (Å²) in [6.45, 7) is 8.57. The minimum absolute atomic E-state index is 0.379. The van der Waals surface area contributed by atoms with Gasteiger partial charge in [0.25, 0.3) is 0 Å². The lowest BCUT2D eigenvalue weighted by atomic mass is 9.77. The van der Waals surface area contributed by atoms with Gasteiger partial charge < -0.3 is 10.6 Å². The van der Waals surface area contributed by atoms with Gasteiger partial charge in [-0.2, -0.15) is 0 Å². The Morgan fingerprint density at radius 2 is 1.63 bits per heavy atom. The van der Waals surface area contributed by atoms with Crippen LogP contribution in [0.1, 0.15) is 71.6 Å². The molecule has 0 amide bonds. The third-order valence-electron chi connectivity index (χ3n) is 5.51. The lowest BCUT2D eigenvalue weighted by Crippen LogP contribution is -2.40. The molecule has 2 heteroatoms. The number of likely N-dealkylation sites (tertiary alicyclic amines) is 1. The molecule has 19 heavy (non-hydrogen) atoms.